The summed E-state index contributed by atoms with van der Waals surface area (Å²) < 4.78 is 11.5. The highest BCUT2D eigenvalue weighted by atomic mass is 16.5. The number of allylic oxidation sites excluding steroid dienone is 1. The molecule has 113 valence electrons. The average molecular weight is 299 g/mol. The number of carbonyl (C=O) groups excluding carboxylic acids is 1. The molecule has 0 unspecified atom stereocenters. The molecule has 22 heavy (non-hydrogen) atoms. The van der Waals surface area contributed by atoms with Crippen molar-refractivity contribution >= 4 is 17.2 Å². The van der Waals surface area contributed by atoms with Crippen LogP contribution in [0.2, 0.25) is 0 Å². The molecule has 0 aliphatic carbocycles. The van der Waals surface area contributed by atoms with Crippen LogP contribution in [0.1, 0.15) is 5.76 Å². The number of rotatable bonds is 3. The van der Waals surface area contributed by atoms with Gasteiger partial charge in [-0.05, 0) is 36.8 Å². The first-order valence-electron chi connectivity index (χ1n) is 6.78. The highest BCUT2D eigenvalue weighted by molar-refractivity contribution is 5.94. The number of morpholine rings is 1. The first-order valence-corrected chi connectivity index (χ1v) is 6.78. The van der Waals surface area contributed by atoms with Crippen molar-refractivity contribution in [3.63, 3.8) is 0 Å². The van der Waals surface area contributed by atoms with E-state index in [0.717, 1.165) is 5.69 Å². The lowest BCUT2D eigenvalue weighted by Gasteiger charge is -2.26. The molecule has 6 heteroatoms. The van der Waals surface area contributed by atoms with Crippen LogP contribution >= 0.6 is 0 Å². The second kappa shape index (κ2) is 5.65. The molecule has 3 rings (SSSR count). The van der Waals surface area contributed by atoms with Crippen LogP contribution in [0.15, 0.2) is 46.3 Å². The van der Waals surface area contributed by atoms with Crippen LogP contribution in [0.4, 0.5) is 5.69 Å². The molecule has 2 aromatic rings. The van der Waals surface area contributed by atoms with E-state index in [4.69, 9.17) is 9.15 Å². The van der Waals surface area contributed by atoms with E-state index in [-0.39, 0.29) is 12.5 Å². The fourth-order valence-corrected chi connectivity index (χ4v) is 2.27. The van der Waals surface area contributed by atoms with Crippen molar-refractivity contribution in [2.45, 2.75) is 0 Å². The Morgan fingerprint density at radius 2 is 1.82 bits per heavy atom. The van der Waals surface area contributed by atoms with Gasteiger partial charge in [0, 0.05) is 12.2 Å². The molecule has 0 atom stereocenters. The van der Waals surface area contributed by atoms with Gasteiger partial charge in [0.25, 0.3) is 5.91 Å². The molecule has 0 saturated carbocycles. The number of benzene rings is 1. The van der Waals surface area contributed by atoms with Gasteiger partial charge in [-0.1, -0.05) is 6.58 Å². The van der Waals surface area contributed by atoms with E-state index in [0.29, 0.717) is 30.2 Å². The van der Waals surface area contributed by atoms with E-state index < -0.39 is 5.76 Å². The van der Waals surface area contributed by atoms with Gasteiger partial charge in [-0.25, -0.2) is 9.36 Å². The third kappa shape index (κ3) is 2.60. The lowest BCUT2D eigenvalue weighted by molar-refractivity contribution is -0.125. The van der Waals surface area contributed by atoms with Gasteiger partial charge in [-0.15, -0.1) is 0 Å². The summed E-state index contributed by atoms with van der Waals surface area (Å²) in [6, 6.07) is 7.09. The SMILES string of the molecule is [CH2]C(=C)c1cn(-c2ccc(N3CCOCC3=O)cc2)c(=O)o1. The summed E-state index contributed by atoms with van der Waals surface area (Å²) in [5.41, 5.74) is 1.85. The molecule has 1 aliphatic heterocycles. The van der Waals surface area contributed by atoms with Crippen molar-refractivity contribution < 1.29 is 13.9 Å². The van der Waals surface area contributed by atoms with Crippen molar-refractivity contribution in [3.05, 3.63) is 60.3 Å². The minimum absolute atomic E-state index is 0.0740. The fourth-order valence-electron chi connectivity index (χ4n) is 2.27. The molecule has 0 spiro atoms. The van der Waals surface area contributed by atoms with Crippen molar-refractivity contribution in [3.8, 4) is 5.69 Å². The predicted octanol–water partition coefficient (Wildman–Crippen LogP) is 1.64. The van der Waals surface area contributed by atoms with E-state index in [1.807, 2.05) is 0 Å². The summed E-state index contributed by atoms with van der Waals surface area (Å²) in [4.78, 5) is 25.3. The van der Waals surface area contributed by atoms with Crippen LogP contribution in [0.3, 0.4) is 0 Å². The van der Waals surface area contributed by atoms with Gasteiger partial charge in [0.05, 0.1) is 18.5 Å². The number of carbonyl (C=O) groups is 1. The number of nitrogens with zero attached hydrogens (tertiary/aromatic N) is 2. The van der Waals surface area contributed by atoms with E-state index in [1.54, 1.807) is 35.4 Å². The molecular weight excluding hydrogens is 284 g/mol. The molecule has 1 amide bonds. The van der Waals surface area contributed by atoms with Gasteiger partial charge in [0.2, 0.25) is 0 Å². The number of oxazole rings is 1. The van der Waals surface area contributed by atoms with Crippen molar-refractivity contribution in [2.75, 3.05) is 24.7 Å². The van der Waals surface area contributed by atoms with Crippen LogP contribution < -0.4 is 10.7 Å². The fraction of sp³-hybridized carbons (Fsp3) is 0.188. The molecule has 1 aromatic heterocycles. The first kappa shape index (κ1) is 14.3. The lowest BCUT2D eigenvalue weighted by atomic mass is 10.2. The van der Waals surface area contributed by atoms with Crippen LogP contribution in [0.5, 0.6) is 0 Å². The van der Waals surface area contributed by atoms with Gasteiger partial charge >= 0.3 is 5.76 Å². The summed E-state index contributed by atoms with van der Waals surface area (Å²) in [6.07, 6.45) is 1.55. The molecule has 2 heterocycles. The Labute approximate surface area is 127 Å². The second-order valence-corrected chi connectivity index (χ2v) is 4.95. The number of amides is 1. The van der Waals surface area contributed by atoms with Crippen LogP contribution in [-0.2, 0) is 9.53 Å². The quantitative estimate of drug-likeness (QED) is 0.864. The summed E-state index contributed by atoms with van der Waals surface area (Å²) >= 11 is 0. The monoisotopic (exact) mass is 299 g/mol. The van der Waals surface area contributed by atoms with Crippen LogP contribution in [0, 0.1) is 6.92 Å². The number of hydrogen-bond acceptors (Lipinski definition) is 4. The smallest absolute Gasteiger partial charge is 0.408 e. The summed E-state index contributed by atoms with van der Waals surface area (Å²) in [5.74, 6) is -0.234. The zero-order chi connectivity index (χ0) is 15.7. The second-order valence-electron chi connectivity index (χ2n) is 4.95. The van der Waals surface area contributed by atoms with Crippen LogP contribution in [0.25, 0.3) is 11.3 Å². The Morgan fingerprint density at radius 1 is 1.14 bits per heavy atom. The third-order valence-electron chi connectivity index (χ3n) is 3.41. The topological polar surface area (TPSA) is 64.7 Å². The van der Waals surface area contributed by atoms with Gasteiger partial charge in [-0.3, -0.25) is 4.79 Å². The predicted molar refractivity (Wildman–Crippen MR) is 81.9 cm³/mol. The maximum Gasteiger partial charge on any atom is 0.424 e. The minimum Gasteiger partial charge on any atom is -0.408 e. The molecular formula is C16H15N2O4. The van der Waals surface area contributed by atoms with Crippen molar-refractivity contribution in [1.82, 2.24) is 4.57 Å². The maximum atomic E-state index is 11.8. The van der Waals surface area contributed by atoms with Gasteiger partial charge in [0.1, 0.15) is 6.61 Å². The Balaban J connectivity index is 1.90. The van der Waals surface area contributed by atoms with E-state index in [2.05, 4.69) is 13.5 Å². The summed E-state index contributed by atoms with van der Waals surface area (Å²) in [5, 5.41) is 0. The zero-order valence-electron chi connectivity index (χ0n) is 11.9. The largest absolute Gasteiger partial charge is 0.424 e. The Morgan fingerprint density at radius 3 is 2.41 bits per heavy atom. The molecule has 0 bridgehead atoms. The normalized spacial score (nSPS) is 15.1. The maximum absolute atomic E-state index is 11.8. The molecule has 1 fully saturated rings. The zero-order valence-corrected chi connectivity index (χ0v) is 11.9. The van der Waals surface area contributed by atoms with Gasteiger partial charge in [0.15, 0.2) is 5.76 Å². The van der Waals surface area contributed by atoms with Crippen molar-refractivity contribution in [1.29, 1.82) is 0 Å². The molecule has 6 nitrogen and oxygen atoms in total. The third-order valence-corrected chi connectivity index (χ3v) is 3.41. The van der Waals surface area contributed by atoms with Gasteiger partial charge in [-0.2, -0.15) is 0 Å². The van der Waals surface area contributed by atoms with Crippen molar-refractivity contribution in [2.24, 2.45) is 0 Å². The van der Waals surface area contributed by atoms with E-state index in [9.17, 15) is 9.59 Å². The van der Waals surface area contributed by atoms with E-state index in [1.165, 1.54) is 4.57 Å². The molecule has 1 saturated heterocycles. The van der Waals surface area contributed by atoms with Gasteiger partial charge < -0.3 is 14.1 Å². The molecule has 1 aliphatic rings. The Bertz CT molecular complexity index is 770. The highest BCUT2D eigenvalue weighted by Crippen LogP contribution is 2.19. The molecule has 1 radical (unpaired) electrons. The van der Waals surface area contributed by atoms with Crippen LogP contribution in [-0.4, -0.2) is 30.2 Å². The highest BCUT2D eigenvalue weighted by Gasteiger charge is 2.20. The summed E-state index contributed by atoms with van der Waals surface area (Å²) in [7, 11) is 0. The number of hydrogen-bond donors (Lipinski definition) is 0. The molecule has 0 N–H and O–H groups in total. The average Bonchev–Trinajstić information content (AvgIpc) is 2.90. The lowest BCUT2D eigenvalue weighted by Crippen LogP contribution is -2.41. The molecule has 1 aromatic carbocycles. The number of aromatic nitrogens is 1. The Kier molecular flexibility index (Phi) is 3.68. The summed E-state index contributed by atoms with van der Waals surface area (Å²) in [6.45, 7) is 8.42. The number of anilines is 1. The van der Waals surface area contributed by atoms with E-state index >= 15 is 0 Å². The number of ether oxygens (including phenoxy) is 1. The standard InChI is InChI=1S/C16H15N2O4/c1-11(2)14-9-18(16(20)22-14)13-5-3-12(4-6-13)17-7-8-21-10-15(17)19/h3-6,9H,1-2,7-8,10H2. The minimum atomic E-state index is -0.505. The Hall–Kier alpha value is -2.60. The first-order chi connectivity index (χ1) is 10.6.